The van der Waals surface area contributed by atoms with Crippen LogP contribution in [0.4, 0.5) is 0 Å². The maximum absolute atomic E-state index is 12.7. The zero-order valence-corrected chi connectivity index (χ0v) is 13.7. The van der Waals surface area contributed by atoms with Gasteiger partial charge in [0.2, 0.25) is 5.91 Å². The molecule has 1 amide bonds. The van der Waals surface area contributed by atoms with Gasteiger partial charge in [-0.05, 0) is 45.7 Å². The van der Waals surface area contributed by atoms with Crippen LogP contribution in [0.3, 0.4) is 0 Å². The summed E-state index contributed by atoms with van der Waals surface area (Å²) in [5, 5.41) is 3.12. The van der Waals surface area contributed by atoms with E-state index in [0.29, 0.717) is 31.0 Å². The average molecular weight is 313 g/mol. The molecular formula is C15H27N3O2S. The largest absolute Gasteiger partial charge is 0.392 e. The zero-order chi connectivity index (χ0) is 15.3. The second kappa shape index (κ2) is 7.51. The zero-order valence-electron chi connectivity index (χ0n) is 12.9. The second-order valence-electron chi connectivity index (χ2n) is 6.29. The van der Waals surface area contributed by atoms with E-state index in [-0.39, 0.29) is 11.9 Å². The van der Waals surface area contributed by atoms with Crippen molar-refractivity contribution in [1.82, 2.24) is 10.2 Å². The van der Waals surface area contributed by atoms with Crippen molar-refractivity contribution < 1.29 is 9.53 Å². The summed E-state index contributed by atoms with van der Waals surface area (Å²) in [5.41, 5.74) is 5.15. The Morgan fingerprint density at radius 2 is 1.95 bits per heavy atom. The lowest BCUT2D eigenvalue weighted by Gasteiger charge is -2.36. The monoisotopic (exact) mass is 313 g/mol. The lowest BCUT2D eigenvalue weighted by atomic mass is 9.79. The highest BCUT2D eigenvalue weighted by atomic mass is 32.1. The summed E-state index contributed by atoms with van der Waals surface area (Å²) in [4.78, 5) is 15.4. The van der Waals surface area contributed by atoms with Crippen molar-refractivity contribution in [2.24, 2.45) is 11.1 Å². The molecule has 0 saturated carbocycles. The van der Waals surface area contributed by atoms with Crippen LogP contribution in [0.1, 0.15) is 39.0 Å². The lowest BCUT2D eigenvalue weighted by molar-refractivity contribution is -0.132. The smallest absolute Gasteiger partial charge is 0.233 e. The van der Waals surface area contributed by atoms with Gasteiger partial charge in [-0.15, -0.1) is 0 Å². The number of thiocarbonyl (C=S) groups is 1. The van der Waals surface area contributed by atoms with Crippen LogP contribution in [0, 0.1) is 5.41 Å². The van der Waals surface area contributed by atoms with Gasteiger partial charge in [-0.25, -0.2) is 0 Å². The third-order valence-corrected chi connectivity index (χ3v) is 5.00. The molecule has 1 atom stereocenters. The predicted octanol–water partition coefficient (Wildman–Crippen LogP) is 1.06. The molecule has 2 saturated heterocycles. The van der Waals surface area contributed by atoms with Crippen LogP contribution in [-0.2, 0) is 9.53 Å². The van der Waals surface area contributed by atoms with Crippen LogP contribution in [0.25, 0.3) is 0 Å². The first-order chi connectivity index (χ1) is 10.0. The molecule has 0 spiro atoms. The normalized spacial score (nSPS) is 24.2. The first kappa shape index (κ1) is 16.6. The Morgan fingerprint density at radius 3 is 2.52 bits per heavy atom. The third-order valence-electron chi connectivity index (χ3n) is 4.61. The highest BCUT2D eigenvalue weighted by Crippen LogP contribution is 2.31. The number of amides is 1. The molecule has 5 nitrogen and oxygen atoms in total. The van der Waals surface area contributed by atoms with E-state index >= 15 is 0 Å². The summed E-state index contributed by atoms with van der Waals surface area (Å²) in [7, 11) is 0. The van der Waals surface area contributed by atoms with E-state index in [9.17, 15) is 4.79 Å². The Labute approximate surface area is 132 Å². The number of hydrogen-bond acceptors (Lipinski definition) is 4. The standard InChI is InChI=1S/C15H27N3O2S/c1-12(11-18-7-3-2-4-8-18)17-14(19)15(13(16)21)5-9-20-10-6-15/h12H,2-11H2,1H3,(H2,16,21)(H,17,19). The van der Waals surface area contributed by atoms with E-state index in [1.807, 2.05) is 0 Å². The van der Waals surface area contributed by atoms with Crippen LogP contribution >= 0.6 is 12.2 Å². The van der Waals surface area contributed by atoms with E-state index in [1.54, 1.807) is 0 Å². The Balaban J connectivity index is 1.90. The molecule has 0 bridgehead atoms. The molecule has 0 radical (unpaired) electrons. The van der Waals surface area contributed by atoms with Crippen LogP contribution < -0.4 is 11.1 Å². The molecule has 0 aliphatic carbocycles. The van der Waals surface area contributed by atoms with Crippen LogP contribution in [-0.4, -0.2) is 54.7 Å². The number of nitrogens with two attached hydrogens (primary N) is 1. The number of piperidine rings is 1. The molecule has 2 heterocycles. The van der Waals surface area contributed by atoms with Crippen molar-refractivity contribution in [2.75, 3.05) is 32.8 Å². The molecule has 2 aliphatic rings. The van der Waals surface area contributed by atoms with Gasteiger partial charge in [-0.1, -0.05) is 18.6 Å². The van der Waals surface area contributed by atoms with Gasteiger partial charge >= 0.3 is 0 Å². The van der Waals surface area contributed by atoms with Crippen molar-refractivity contribution in [3.05, 3.63) is 0 Å². The Morgan fingerprint density at radius 1 is 1.33 bits per heavy atom. The van der Waals surface area contributed by atoms with Crippen molar-refractivity contribution >= 4 is 23.1 Å². The minimum Gasteiger partial charge on any atom is -0.392 e. The first-order valence-corrected chi connectivity index (χ1v) is 8.36. The van der Waals surface area contributed by atoms with Gasteiger partial charge in [0.25, 0.3) is 0 Å². The molecule has 6 heteroatoms. The summed E-state index contributed by atoms with van der Waals surface area (Å²) in [6.45, 7) is 6.31. The van der Waals surface area contributed by atoms with Crippen molar-refractivity contribution in [2.45, 2.75) is 45.1 Å². The predicted molar refractivity (Wildman–Crippen MR) is 87.2 cm³/mol. The van der Waals surface area contributed by atoms with Crippen LogP contribution in [0.2, 0.25) is 0 Å². The van der Waals surface area contributed by atoms with E-state index in [0.717, 1.165) is 19.6 Å². The summed E-state index contributed by atoms with van der Waals surface area (Å²) < 4.78 is 5.35. The maximum atomic E-state index is 12.7. The summed E-state index contributed by atoms with van der Waals surface area (Å²) in [6.07, 6.45) is 5.01. The Bertz CT molecular complexity index is 377. The summed E-state index contributed by atoms with van der Waals surface area (Å²) in [5.74, 6) is -0.0252. The molecule has 2 aliphatic heterocycles. The molecule has 0 aromatic carbocycles. The van der Waals surface area contributed by atoms with Gasteiger partial charge < -0.3 is 20.7 Å². The van der Waals surface area contributed by atoms with E-state index in [2.05, 4.69) is 17.1 Å². The van der Waals surface area contributed by atoms with Gasteiger partial charge in [0.15, 0.2) is 0 Å². The fourth-order valence-corrected chi connectivity index (χ4v) is 3.54. The SMILES string of the molecule is CC(CN1CCCCC1)NC(=O)C1(C(N)=S)CCOCC1. The van der Waals surface area contributed by atoms with Crippen LogP contribution in [0.15, 0.2) is 0 Å². The maximum Gasteiger partial charge on any atom is 0.233 e. The molecular weight excluding hydrogens is 286 g/mol. The molecule has 0 aromatic heterocycles. The fourth-order valence-electron chi connectivity index (χ4n) is 3.24. The topological polar surface area (TPSA) is 67.6 Å². The van der Waals surface area contributed by atoms with Gasteiger partial charge in [-0.3, -0.25) is 4.79 Å². The second-order valence-corrected chi connectivity index (χ2v) is 6.73. The van der Waals surface area contributed by atoms with Crippen LogP contribution in [0.5, 0.6) is 0 Å². The third kappa shape index (κ3) is 4.14. The van der Waals surface area contributed by atoms with Crippen molar-refractivity contribution in [3.8, 4) is 0 Å². The number of rotatable bonds is 5. The molecule has 2 fully saturated rings. The van der Waals surface area contributed by atoms with Gasteiger partial charge in [-0.2, -0.15) is 0 Å². The molecule has 120 valence electrons. The fraction of sp³-hybridized carbons (Fsp3) is 0.867. The summed E-state index contributed by atoms with van der Waals surface area (Å²) in [6, 6.07) is 0.115. The molecule has 0 aromatic rings. The number of nitrogens with zero attached hydrogens (tertiary/aromatic N) is 1. The molecule has 3 N–H and O–H groups in total. The number of hydrogen-bond donors (Lipinski definition) is 2. The quantitative estimate of drug-likeness (QED) is 0.743. The number of carbonyl (C=O) groups is 1. The van der Waals surface area contributed by atoms with Gasteiger partial charge in [0.05, 0.1) is 4.99 Å². The van der Waals surface area contributed by atoms with Crippen molar-refractivity contribution in [1.29, 1.82) is 0 Å². The minimum absolute atomic E-state index is 0.0252. The number of carbonyl (C=O) groups excluding carboxylic acids is 1. The Kier molecular flexibility index (Phi) is 5.96. The minimum atomic E-state index is -0.719. The summed E-state index contributed by atoms with van der Waals surface area (Å²) >= 11 is 5.17. The number of likely N-dealkylation sites (tertiary alicyclic amines) is 1. The van der Waals surface area contributed by atoms with Gasteiger partial charge in [0.1, 0.15) is 5.41 Å². The van der Waals surface area contributed by atoms with E-state index in [1.165, 1.54) is 19.3 Å². The number of nitrogens with one attached hydrogen (secondary N) is 1. The highest BCUT2D eigenvalue weighted by Gasteiger charge is 2.43. The van der Waals surface area contributed by atoms with Crippen molar-refractivity contribution in [3.63, 3.8) is 0 Å². The highest BCUT2D eigenvalue weighted by molar-refractivity contribution is 7.80. The molecule has 2 rings (SSSR count). The lowest BCUT2D eigenvalue weighted by Crippen LogP contribution is -2.55. The molecule has 21 heavy (non-hydrogen) atoms. The Hall–Kier alpha value is -0.720. The van der Waals surface area contributed by atoms with E-state index < -0.39 is 5.41 Å². The van der Waals surface area contributed by atoms with E-state index in [4.69, 9.17) is 22.7 Å². The first-order valence-electron chi connectivity index (χ1n) is 7.95. The van der Waals surface area contributed by atoms with Gasteiger partial charge in [0, 0.05) is 25.8 Å². The number of ether oxygens (including phenoxy) is 1. The average Bonchev–Trinajstić information content (AvgIpc) is 2.48. The molecule has 1 unspecified atom stereocenters.